The van der Waals surface area contributed by atoms with Crippen molar-refractivity contribution in [2.45, 2.75) is 57.5 Å². The SMILES string of the molecule is CCCCCCCCC(C(=O)O)P(=O)=O. The summed E-state index contributed by atoms with van der Waals surface area (Å²) in [5.74, 6) is -1.22. The van der Waals surface area contributed by atoms with Crippen molar-refractivity contribution in [3.63, 3.8) is 0 Å². The molecule has 1 N–H and O–H groups in total. The van der Waals surface area contributed by atoms with Crippen molar-refractivity contribution in [1.29, 1.82) is 0 Å². The highest BCUT2D eigenvalue weighted by Gasteiger charge is 2.22. The van der Waals surface area contributed by atoms with Crippen molar-refractivity contribution in [2.75, 3.05) is 0 Å². The summed E-state index contributed by atoms with van der Waals surface area (Å²) in [7, 11) is -2.83. The van der Waals surface area contributed by atoms with Crippen molar-refractivity contribution in [2.24, 2.45) is 0 Å². The second kappa shape index (κ2) is 8.66. The van der Waals surface area contributed by atoms with Crippen LogP contribution in [-0.2, 0) is 13.9 Å². The highest BCUT2D eigenvalue weighted by atomic mass is 31.1. The molecule has 0 heterocycles. The number of carboxylic acid groups (broad SMARTS) is 1. The number of carboxylic acids is 1. The topological polar surface area (TPSA) is 71.4 Å². The predicted octanol–water partition coefficient (Wildman–Crippen LogP) is 3.36. The van der Waals surface area contributed by atoms with E-state index in [2.05, 4.69) is 6.92 Å². The van der Waals surface area contributed by atoms with E-state index in [-0.39, 0.29) is 6.42 Å². The number of carbonyl (C=O) groups is 1. The molecule has 0 spiro atoms. The molecule has 5 heteroatoms. The molecule has 0 radical (unpaired) electrons. The van der Waals surface area contributed by atoms with E-state index in [1.807, 2.05) is 0 Å². The molecule has 0 aromatic rings. The van der Waals surface area contributed by atoms with Crippen LogP contribution >= 0.6 is 7.68 Å². The molecule has 0 aliphatic heterocycles. The van der Waals surface area contributed by atoms with E-state index in [9.17, 15) is 13.9 Å². The largest absolute Gasteiger partial charge is 0.480 e. The molecule has 1 atom stereocenters. The van der Waals surface area contributed by atoms with Crippen LogP contribution in [-0.4, -0.2) is 16.7 Å². The van der Waals surface area contributed by atoms with Crippen LogP contribution in [0.5, 0.6) is 0 Å². The van der Waals surface area contributed by atoms with E-state index in [0.29, 0.717) is 6.42 Å². The molecule has 0 aliphatic carbocycles. The van der Waals surface area contributed by atoms with Gasteiger partial charge in [-0.15, -0.1) is 0 Å². The average Bonchev–Trinajstić information content (AvgIpc) is 2.15. The molecule has 0 aromatic heterocycles. The van der Waals surface area contributed by atoms with Crippen molar-refractivity contribution in [3.05, 3.63) is 0 Å². The minimum Gasteiger partial charge on any atom is -0.480 e. The monoisotopic (exact) mass is 234 g/mol. The van der Waals surface area contributed by atoms with E-state index >= 15 is 0 Å². The molecule has 0 rings (SSSR count). The molecule has 0 bridgehead atoms. The molecule has 1 unspecified atom stereocenters. The summed E-state index contributed by atoms with van der Waals surface area (Å²) in [6.45, 7) is 2.13. The lowest BCUT2D eigenvalue weighted by atomic mass is 10.1. The first kappa shape index (κ1) is 14.4. The standard InChI is InChI=1S/C10H19O4P/c1-2-3-4-5-6-7-8-9(10(11)12)15(13)14/h9H,2-8H2,1H3,(H,11,12). The third-order valence-corrected chi connectivity index (χ3v) is 3.36. The van der Waals surface area contributed by atoms with Gasteiger partial charge in [0.15, 0.2) is 5.66 Å². The summed E-state index contributed by atoms with van der Waals surface area (Å²) in [5, 5.41) is 8.60. The van der Waals surface area contributed by atoms with Crippen LogP contribution in [0.2, 0.25) is 0 Å². The van der Waals surface area contributed by atoms with Gasteiger partial charge in [-0.2, -0.15) is 0 Å². The highest BCUT2D eigenvalue weighted by Crippen LogP contribution is 2.21. The first-order valence-electron chi connectivity index (χ1n) is 5.46. The second-order valence-corrected chi connectivity index (χ2v) is 4.89. The van der Waals surface area contributed by atoms with E-state index < -0.39 is 19.3 Å². The minimum atomic E-state index is -2.83. The minimum absolute atomic E-state index is 0.250. The summed E-state index contributed by atoms with van der Waals surface area (Å²) in [4.78, 5) is 10.5. The van der Waals surface area contributed by atoms with E-state index in [1.54, 1.807) is 0 Å². The summed E-state index contributed by atoms with van der Waals surface area (Å²) in [6.07, 6.45) is 6.44. The fraction of sp³-hybridized carbons (Fsp3) is 0.900. The first-order valence-corrected chi connectivity index (χ1v) is 6.70. The third-order valence-electron chi connectivity index (χ3n) is 2.37. The van der Waals surface area contributed by atoms with Crippen molar-refractivity contribution in [3.8, 4) is 0 Å². The Balaban J connectivity index is 3.59. The lowest BCUT2D eigenvalue weighted by molar-refractivity contribution is -0.136. The number of unbranched alkanes of at least 4 members (excludes halogenated alkanes) is 5. The molecule has 0 saturated heterocycles. The third kappa shape index (κ3) is 7.32. The second-order valence-electron chi connectivity index (χ2n) is 3.70. The van der Waals surface area contributed by atoms with Crippen molar-refractivity contribution >= 4 is 13.6 Å². The van der Waals surface area contributed by atoms with Gasteiger partial charge in [0.2, 0.25) is 0 Å². The van der Waals surface area contributed by atoms with Crippen LogP contribution in [0.4, 0.5) is 0 Å². The summed E-state index contributed by atoms with van der Waals surface area (Å²) in [5.41, 5.74) is -1.19. The first-order chi connectivity index (χ1) is 7.09. The van der Waals surface area contributed by atoms with Gasteiger partial charge in [0.25, 0.3) is 0 Å². The van der Waals surface area contributed by atoms with Gasteiger partial charge in [-0.05, 0) is 6.42 Å². The zero-order valence-electron chi connectivity index (χ0n) is 9.15. The summed E-state index contributed by atoms with van der Waals surface area (Å²) >= 11 is 0. The molecular weight excluding hydrogens is 215 g/mol. The summed E-state index contributed by atoms with van der Waals surface area (Å²) < 4.78 is 21.1. The molecular formula is C10H19O4P. The molecule has 0 aromatic carbocycles. The molecule has 15 heavy (non-hydrogen) atoms. The molecule has 88 valence electrons. The van der Waals surface area contributed by atoms with Gasteiger partial charge in [-0.1, -0.05) is 45.4 Å². The van der Waals surface area contributed by atoms with Crippen LogP contribution in [0.3, 0.4) is 0 Å². The molecule has 0 aliphatic rings. The zero-order chi connectivity index (χ0) is 11.7. The number of rotatable bonds is 9. The maximum absolute atomic E-state index is 10.6. The lowest BCUT2D eigenvalue weighted by Crippen LogP contribution is -2.14. The Morgan fingerprint density at radius 1 is 1.13 bits per heavy atom. The summed E-state index contributed by atoms with van der Waals surface area (Å²) in [6, 6.07) is 0. The Hall–Kier alpha value is -0.630. The van der Waals surface area contributed by atoms with Crippen LogP contribution in [0, 0.1) is 0 Å². The average molecular weight is 234 g/mol. The highest BCUT2D eigenvalue weighted by molar-refractivity contribution is 7.33. The fourth-order valence-electron chi connectivity index (χ4n) is 1.44. The Kier molecular flexibility index (Phi) is 8.30. The maximum atomic E-state index is 10.6. The Labute approximate surface area is 90.9 Å². The fourth-order valence-corrected chi connectivity index (χ4v) is 2.01. The van der Waals surface area contributed by atoms with Gasteiger partial charge in [0, 0.05) is 0 Å². The molecule has 0 amide bonds. The maximum Gasteiger partial charge on any atom is 0.330 e. The van der Waals surface area contributed by atoms with Gasteiger partial charge in [0.1, 0.15) is 0 Å². The van der Waals surface area contributed by atoms with Gasteiger partial charge in [-0.3, -0.25) is 4.79 Å². The number of hydrogen-bond acceptors (Lipinski definition) is 3. The number of hydrogen-bond donors (Lipinski definition) is 1. The Morgan fingerprint density at radius 3 is 2.13 bits per heavy atom. The van der Waals surface area contributed by atoms with E-state index in [4.69, 9.17) is 5.11 Å². The number of aliphatic carboxylic acids is 1. The zero-order valence-corrected chi connectivity index (χ0v) is 10.0. The van der Waals surface area contributed by atoms with Gasteiger partial charge in [-0.25, -0.2) is 9.13 Å². The Morgan fingerprint density at radius 2 is 1.67 bits per heavy atom. The lowest BCUT2D eigenvalue weighted by Gasteiger charge is -2.03. The van der Waals surface area contributed by atoms with Gasteiger partial charge < -0.3 is 5.11 Å². The van der Waals surface area contributed by atoms with Crippen LogP contribution in [0.15, 0.2) is 0 Å². The molecule has 0 saturated carbocycles. The van der Waals surface area contributed by atoms with Crippen LogP contribution in [0.25, 0.3) is 0 Å². The molecule has 4 nitrogen and oxygen atoms in total. The van der Waals surface area contributed by atoms with Crippen LogP contribution in [0.1, 0.15) is 51.9 Å². The predicted molar refractivity (Wildman–Crippen MR) is 57.7 cm³/mol. The van der Waals surface area contributed by atoms with E-state index in [1.165, 1.54) is 12.8 Å². The molecule has 0 fully saturated rings. The Bertz CT molecular complexity index is 240. The normalized spacial score (nSPS) is 12.3. The van der Waals surface area contributed by atoms with Gasteiger partial charge in [0.05, 0.1) is 0 Å². The smallest absolute Gasteiger partial charge is 0.330 e. The van der Waals surface area contributed by atoms with E-state index in [0.717, 1.165) is 19.3 Å². The quantitative estimate of drug-likeness (QED) is 0.490. The van der Waals surface area contributed by atoms with Gasteiger partial charge >= 0.3 is 13.6 Å². The van der Waals surface area contributed by atoms with Crippen molar-refractivity contribution < 1.29 is 19.0 Å². The van der Waals surface area contributed by atoms with Crippen LogP contribution < -0.4 is 0 Å². The van der Waals surface area contributed by atoms with Crippen molar-refractivity contribution in [1.82, 2.24) is 0 Å².